The van der Waals surface area contributed by atoms with Crippen LogP contribution in [0.1, 0.15) is 26.3 Å². The molecule has 2 rings (SSSR count). The number of nitrogens with zero attached hydrogens (tertiary/aromatic N) is 1. The van der Waals surface area contributed by atoms with Gasteiger partial charge in [-0.2, -0.15) is 0 Å². The van der Waals surface area contributed by atoms with Crippen LogP contribution in [0.3, 0.4) is 0 Å². The van der Waals surface area contributed by atoms with Crippen molar-refractivity contribution in [3.8, 4) is 0 Å². The van der Waals surface area contributed by atoms with Crippen molar-refractivity contribution in [2.75, 3.05) is 5.75 Å². The predicted octanol–water partition coefficient (Wildman–Crippen LogP) is 5.14. The molecule has 0 spiro atoms. The maximum absolute atomic E-state index is 13.0. The van der Waals surface area contributed by atoms with Crippen molar-refractivity contribution in [2.45, 2.75) is 44.3 Å². The highest BCUT2D eigenvalue weighted by atomic mass is 79.9. The molecule has 0 saturated carbocycles. The summed E-state index contributed by atoms with van der Waals surface area (Å²) in [4.78, 5) is 28.1. The molecule has 28 heavy (non-hydrogen) atoms. The number of carbonyl (C=O) groups excluding carboxylic acids is 2. The van der Waals surface area contributed by atoms with Crippen LogP contribution in [0.5, 0.6) is 0 Å². The van der Waals surface area contributed by atoms with E-state index in [0.717, 1.165) is 14.9 Å². The molecule has 2 aromatic carbocycles. The van der Waals surface area contributed by atoms with E-state index in [2.05, 4.69) is 21.2 Å². The van der Waals surface area contributed by atoms with Crippen LogP contribution in [0, 0.1) is 0 Å². The first-order valence-electron chi connectivity index (χ1n) is 8.99. The summed E-state index contributed by atoms with van der Waals surface area (Å²) in [6.45, 7) is 5.94. The Morgan fingerprint density at radius 1 is 1.14 bits per heavy atom. The lowest BCUT2D eigenvalue weighted by atomic mass is 10.1. The number of benzene rings is 2. The molecule has 150 valence electrons. The van der Waals surface area contributed by atoms with Crippen molar-refractivity contribution >= 4 is 51.1 Å². The van der Waals surface area contributed by atoms with Crippen LogP contribution in [0.2, 0.25) is 5.02 Å². The predicted molar refractivity (Wildman–Crippen MR) is 120 cm³/mol. The van der Waals surface area contributed by atoms with Gasteiger partial charge in [-0.3, -0.25) is 9.59 Å². The van der Waals surface area contributed by atoms with Crippen LogP contribution in [0.25, 0.3) is 0 Å². The molecule has 0 saturated heterocycles. The van der Waals surface area contributed by atoms with Crippen LogP contribution >= 0.6 is 39.3 Å². The first kappa shape index (κ1) is 22.8. The van der Waals surface area contributed by atoms with Gasteiger partial charge in [-0.15, -0.1) is 11.8 Å². The third-order valence-electron chi connectivity index (χ3n) is 4.02. The highest BCUT2D eigenvalue weighted by molar-refractivity contribution is 9.10. The van der Waals surface area contributed by atoms with Crippen LogP contribution in [-0.4, -0.2) is 34.6 Å². The van der Waals surface area contributed by atoms with Crippen molar-refractivity contribution in [3.63, 3.8) is 0 Å². The second-order valence-electron chi connectivity index (χ2n) is 6.73. The highest BCUT2D eigenvalue weighted by Crippen LogP contribution is 2.22. The second kappa shape index (κ2) is 10.9. The first-order chi connectivity index (χ1) is 13.3. The Kier molecular flexibility index (Phi) is 8.86. The molecule has 0 aromatic heterocycles. The van der Waals surface area contributed by atoms with E-state index in [4.69, 9.17) is 11.6 Å². The molecule has 0 fully saturated rings. The van der Waals surface area contributed by atoms with Gasteiger partial charge in [-0.1, -0.05) is 39.7 Å². The zero-order chi connectivity index (χ0) is 20.7. The van der Waals surface area contributed by atoms with Gasteiger partial charge in [0.05, 0.1) is 5.75 Å². The Hall–Kier alpha value is -1.50. The lowest BCUT2D eigenvalue weighted by Crippen LogP contribution is -2.49. The molecule has 0 bridgehead atoms. The average molecular weight is 484 g/mol. The van der Waals surface area contributed by atoms with Crippen molar-refractivity contribution in [3.05, 3.63) is 63.6 Å². The van der Waals surface area contributed by atoms with E-state index in [1.165, 1.54) is 11.8 Å². The standard InChI is InChI=1S/C21H24BrClN2O2S/c1-14(2)24-21(27)15(3)25(12-16-5-4-6-17(22)11-16)20(26)13-28-19-9-7-18(23)8-10-19/h4-11,14-15H,12-13H2,1-3H3,(H,24,27)/t15-/m1/s1. The Labute approximate surface area is 184 Å². The van der Waals surface area contributed by atoms with Gasteiger partial charge in [0.25, 0.3) is 0 Å². The maximum atomic E-state index is 13.0. The van der Waals surface area contributed by atoms with Gasteiger partial charge < -0.3 is 10.2 Å². The van der Waals surface area contributed by atoms with E-state index in [1.807, 2.05) is 50.2 Å². The van der Waals surface area contributed by atoms with Gasteiger partial charge in [0, 0.05) is 27.0 Å². The lowest BCUT2D eigenvalue weighted by molar-refractivity contribution is -0.138. The molecule has 0 radical (unpaired) electrons. The number of hydrogen-bond acceptors (Lipinski definition) is 3. The summed E-state index contributed by atoms with van der Waals surface area (Å²) in [5.41, 5.74) is 0.961. The minimum atomic E-state index is -0.570. The van der Waals surface area contributed by atoms with E-state index in [1.54, 1.807) is 24.0 Å². The van der Waals surface area contributed by atoms with Gasteiger partial charge in [0.2, 0.25) is 11.8 Å². The van der Waals surface area contributed by atoms with Crippen LogP contribution < -0.4 is 5.32 Å². The SMILES string of the molecule is CC(C)NC(=O)[C@@H](C)N(Cc1cccc(Br)c1)C(=O)CSc1ccc(Cl)cc1. The number of halogens is 2. The number of thioether (sulfide) groups is 1. The summed E-state index contributed by atoms with van der Waals surface area (Å²) in [6, 6.07) is 14.6. The molecule has 0 aliphatic carbocycles. The molecule has 0 heterocycles. The fraction of sp³-hybridized carbons (Fsp3) is 0.333. The smallest absolute Gasteiger partial charge is 0.242 e. The topological polar surface area (TPSA) is 49.4 Å². The molecule has 1 N–H and O–H groups in total. The summed E-state index contributed by atoms with van der Waals surface area (Å²) >= 11 is 10.8. The third kappa shape index (κ3) is 7.15. The molecule has 0 aliphatic rings. The van der Waals surface area contributed by atoms with Gasteiger partial charge in [-0.05, 0) is 62.7 Å². The number of nitrogens with one attached hydrogen (secondary N) is 1. The van der Waals surface area contributed by atoms with E-state index in [0.29, 0.717) is 11.6 Å². The normalized spacial score (nSPS) is 11.9. The van der Waals surface area contributed by atoms with Gasteiger partial charge >= 0.3 is 0 Å². The van der Waals surface area contributed by atoms with Crippen molar-refractivity contribution in [1.29, 1.82) is 0 Å². The Bertz CT molecular complexity index is 814. The van der Waals surface area contributed by atoms with Crippen molar-refractivity contribution < 1.29 is 9.59 Å². The number of hydrogen-bond donors (Lipinski definition) is 1. The zero-order valence-electron chi connectivity index (χ0n) is 16.1. The monoisotopic (exact) mass is 482 g/mol. The van der Waals surface area contributed by atoms with Crippen molar-refractivity contribution in [2.24, 2.45) is 0 Å². The molecular formula is C21H24BrClN2O2S. The third-order valence-corrected chi connectivity index (χ3v) is 5.76. The fourth-order valence-corrected chi connectivity index (χ4v) is 3.94. The Morgan fingerprint density at radius 3 is 2.43 bits per heavy atom. The molecular weight excluding hydrogens is 460 g/mol. The zero-order valence-corrected chi connectivity index (χ0v) is 19.3. The fourth-order valence-electron chi connectivity index (χ4n) is 2.58. The van der Waals surface area contributed by atoms with Gasteiger partial charge in [-0.25, -0.2) is 0 Å². The van der Waals surface area contributed by atoms with Crippen LogP contribution in [0.4, 0.5) is 0 Å². The average Bonchev–Trinajstić information content (AvgIpc) is 2.64. The summed E-state index contributed by atoms with van der Waals surface area (Å²) in [5.74, 6) is -0.00394. The summed E-state index contributed by atoms with van der Waals surface area (Å²) in [7, 11) is 0. The summed E-state index contributed by atoms with van der Waals surface area (Å²) in [5, 5.41) is 3.55. The Morgan fingerprint density at radius 2 is 1.82 bits per heavy atom. The van der Waals surface area contributed by atoms with Gasteiger partial charge in [0.1, 0.15) is 6.04 Å². The molecule has 0 unspecified atom stereocenters. The maximum Gasteiger partial charge on any atom is 0.242 e. The molecule has 0 aliphatic heterocycles. The minimum absolute atomic E-state index is 0.0150. The molecule has 1 atom stereocenters. The summed E-state index contributed by atoms with van der Waals surface area (Å²) in [6.07, 6.45) is 0. The van der Waals surface area contributed by atoms with Gasteiger partial charge in [0.15, 0.2) is 0 Å². The second-order valence-corrected chi connectivity index (χ2v) is 9.13. The van der Waals surface area contributed by atoms with E-state index >= 15 is 0 Å². The molecule has 4 nitrogen and oxygen atoms in total. The van der Waals surface area contributed by atoms with Crippen LogP contribution in [0.15, 0.2) is 57.9 Å². The highest BCUT2D eigenvalue weighted by Gasteiger charge is 2.26. The number of rotatable bonds is 8. The first-order valence-corrected chi connectivity index (χ1v) is 11.1. The number of amides is 2. The lowest BCUT2D eigenvalue weighted by Gasteiger charge is -2.29. The minimum Gasteiger partial charge on any atom is -0.352 e. The van der Waals surface area contributed by atoms with E-state index < -0.39 is 6.04 Å². The summed E-state index contributed by atoms with van der Waals surface area (Å²) < 4.78 is 0.937. The quantitative estimate of drug-likeness (QED) is 0.529. The molecule has 2 aromatic rings. The molecule has 2 amide bonds. The number of carbonyl (C=O) groups is 2. The van der Waals surface area contributed by atoms with E-state index in [-0.39, 0.29) is 23.6 Å². The van der Waals surface area contributed by atoms with Crippen molar-refractivity contribution in [1.82, 2.24) is 10.2 Å². The largest absolute Gasteiger partial charge is 0.352 e. The molecule has 7 heteroatoms. The van der Waals surface area contributed by atoms with E-state index in [9.17, 15) is 9.59 Å². The van der Waals surface area contributed by atoms with Crippen LogP contribution in [-0.2, 0) is 16.1 Å². The Balaban J connectivity index is 2.14.